The molecular formula is C4H6N5. The zero-order valence-electron chi connectivity index (χ0n) is 4.63. The largest absolute Gasteiger partial charge is 0.370 e. The lowest BCUT2D eigenvalue weighted by atomic mass is 10.5. The third-order valence-electron chi connectivity index (χ3n) is 0.727. The first-order chi connectivity index (χ1) is 4.29. The van der Waals surface area contributed by atoms with Crippen LogP contribution in [0.5, 0.6) is 0 Å². The van der Waals surface area contributed by atoms with Crippen molar-refractivity contribution in [2.45, 2.75) is 0 Å². The van der Waals surface area contributed by atoms with Gasteiger partial charge in [0.05, 0.1) is 6.20 Å². The van der Waals surface area contributed by atoms with Gasteiger partial charge in [-0.15, -0.1) is 5.10 Å². The number of nitrogens with one attached hydrogen (secondary N) is 2. The van der Waals surface area contributed by atoms with Crippen molar-refractivity contribution >= 4 is 11.8 Å². The summed E-state index contributed by atoms with van der Waals surface area (Å²) in [5, 5.41) is 12.8. The summed E-state index contributed by atoms with van der Waals surface area (Å²) in [5.41, 5.74) is 8.50. The Labute approximate surface area is 52.1 Å². The average molecular weight is 124 g/mol. The van der Waals surface area contributed by atoms with E-state index in [1.807, 2.05) is 0 Å². The van der Waals surface area contributed by atoms with Crippen molar-refractivity contribution in [2.75, 3.05) is 0 Å². The van der Waals surface area contributed by atoms with E-state index in [0.29, 0.717) is 5.84 Å². The first-order valence-electron chi connectivity index (χ1n) is 2.34. The summed E-state index contributed by atoms with van der Waals surface area (Å²) in [5.74, 6) is 0.373. The third kappa shape index (κ3) is 1.45. The molecule has 1 rings (SSSR count). The lowest BCUT2D eigenvalue weighted by Crippen LogP contribution is -2.34. The van der Waals surface area contributed by atoms with Gasteiger partial charge in [-0.3, -0.25) is 5.41 Å². The van der Waals surface area contributed by atoms with Crippen molar-refractivity contribution in [2.24, 2.45) is 10.8 Å². The highest BCUT2D eigenvalue weighted by molar-refractivity contribution is 6.04. The zero-order valence-corrected chi connectivity index (χ0v) is 4.63. The number of hydrogen-bond acceptors (Lipinski definition) is 2. The van der Waals surface area contributed by atoms with E-state index in [1.54, 1.807) is 6.08 Å². The molecule has 5 nitrogen and oxygen atoms in total. The first-order valence-corrected chi connectivity index (χ1v) is 2.34. The van der Waals surface area contributed by atoms with Gasteiger partial charge in [0.2, 0.25) is 0 Å². The molecule has 1 heterocycles. The monoisotopic (exact) mass is 124 g/mol. The van der Waals surface area contributed by atoms with Crippen molar-refractivity contribution in [1.82, 2.24) is 10.7 Å². The topological polar surface area (TPSA) is 88.4 Å². The molecule has 1 radical (unpaired) electrons. The van der Waals surface area contributed by atoms with Crippen LogP contribution < -0.4 is 16.5 Å². The van der Waals surface area contributed by atoms with Crippen LogP contribution in [0.15, 0.2) is 17.4 Å². The summed E-state index contributed by atoms with van der Waals surface area (Å²) in [6.45, 7) is 0. The fourth-order valence-corrected chi connectivity index (χ4v) is 0.437. The first kappa shape index (κ1) is 5.61. The van der Waals surface area contributed by atoms with Gasteiger partial charge in [-0.05, 0) is 0 Å². The molecule has 4 N–H and O–H groups in total. The van der Waals surface area contributed by atoms with E-state index in [4.69, 9.17) is 11.1 Å². The fourth-order valence-electron chi connectivity index (χ4n) is 0.437. The van der Waals surface area contributed by atoms with Gasteiger partial charge in [-0.2, -0.15) is 5.43 Å². The van der Waals surface area contributed by atoms with Gasteiger partial charge in [-0.25, -0.2) is 0 Å². The number of rotatable bonds is 0. The molecule has 1 aliphatic rings. The molecule has 0 aromatic rings. The predicted molar refractivity (Wildman–Crippen MR) is 33.8 cm³/mol. The van der Waals surface area contributed by atoms with Crippen molar-refractivity contribution in [3.8, 4) is 0 Å². The predicted octanol–water partition coefficient (Wildman–Crippen LogP) is -1.09. The lowest BCUT2D eigenvalue weighted by Gasteiger charge is -1.96. The highest BCUT2D eigenvalue weighted by Crippen LogP contribution is 1.84. The van der Waals surface area contributed by atoms with Crippen LogP contribution in [-0.4, -0.2) is 11.8 Å². The minimum atomic E-state index is -0.129. The Morgan fingerprint density at radius 3 is 3.00 bits per heavy atom. The normalized spacial score (nSPS) is 14.4. The number of amidine groups is 1. The van der Waals surface area contributed by atoms with E-state index < -0.39 is 0 Å². The van der Waals surface area contributed by atoms with Gasteiger partial charge < -0.3 is 11.1 Å². The molecule has 0 aromatic carbocycles. The Kier molecular flexibility index (Phi) is 1.35. The zero-order chi connectivity index (χ0) is 6.69. The van der Waals surface area contributed by atoms with Crippen LogP contribution in [0.3, 0.4) is 0 Å². The van der Waals surface area contributed by atoms with Crippen molar-refractivity contribution in [3.63, 3.8) is 0 Å². The summed E-state index contributed by atoms with van der Waals surface area (Å²) < 4.78 is 0. The van der Waals surface area contributed by atoms with E-state index in [0.717, 1.165) is 0 Å². The Morgan fingerprint density at radius 2 is 2.56 bits per heavy atom. The maximum Gasteiger partial charge on any atom is 0.191 e. The van der Waals surface area contributed by atoms with Crippen molar-refractivity contribution in [1.29, 1.82) is 5.41 Å². The number of nitrogens with zero attached hydrogens (tertiary/aromatic N) is 2. The smallest absolute Gasteiger partial charge is 0.191 e. The van der Waals surface area contributed by atoms with Crippen molar-refractivity contribution in [3.05, 3.63) is 12.3 Å². The molecular weight excluding hydrogens is 118 g/mol. The molecule has 0 spiro atoms. The molecule has 0 saturated carbocycles. The van der Waals surface area contributed by atoms with Gasteiger partial charge in [0.25, 0.3) is 0 Å². The van der Waals surface area contributed by atoms with E-state index >= 15 is 0 Å². The van der Waals surface area contributed by atoms with Crippen LogP contribution in [0.25, 0.3) is 0 Å². The molecule has 0 aromatic heterocycles. The van der Waals surface area contributed by atoms with Crippen LogP contribution in [0.2, 0.25) is 0 Å². The summed E-state index contributed by atoms with van der Waals surface area (Å²) in [7, 11) is 0. The molecule has 0 saturated heterocycles. The van der Waals surface area contributed by atoms with E-state index in [-0.39, 0.29) is 5.96 Å². The van der Waals surface area contributed by atoms with Gasteiger partial charge in [-0.1, -0.05) is 0 Å². The Balaban J connectivity index is 2.45. The second-order valence-corrected chi connectivity index (χ2v) is 1.46. The Hall–Kier alpha value is -1.52. The Morgan fingerprint density at radius 1 is 1.78 bits per heavy atom. The summed E-state index contributed by atoms with van der Waals surface area (Å²) in [6, 6.07) is 0. The van der Waals surface area contributed by atoms with Crippen LogP contribution >= 0.6 is 0 Å². The summed E-state index contributed by atoms with van der Waals surface area (Å²) in [4.78, 5) is 0. The minimum Gasteiger partial charge on any atom is -0.370 e. The number of guanidine groups is 1. The number of hydrogen-bond donors (Lipinski definition) is 3. The summed E-state index contributed by atoms with van der Waals surface area (Å²) in [6.07, 6.45) is 3.15. The second kappa shape index (κ2) is 2.17. The molecule has 47 valence electrons. The average Bonchev–Trinajstić information content (AvgIpc) is 2.15. The molecule has 9 heavy (non-hydrogen) atoms. The molecule has 0 amide bonds. The molecule has 0 fully saturated rings. The number of nitrogens with two attached hydrogens (primary N) is 1. The van der Waals surface area contributed by atoms with Crippen molar-refractivity contribution < 1.29 is 0 Å². The van der Waals surface area contributed by atoms with Crippen LogP contribution in [-0.2, 0) is 0 Å². The van der Waals surface area contributed by atoms with Gasteiger partial charge in [0, 0.05) is 6.08 Å². The minimum absolute atomic E-state index is 0.129. The van der Waals surface area contributed by atoms with Gasteiger partial charge >= 0.3 is 0 Å². The molecule has 0 unspecified atom stereocenters. The highest BCUT2D eigenvalue weighted by Gasteiger charge is 1.98. The fraction of sp³-hybridized carbons (Fsp3) is 0. The standard InChI is InChI=1S/C4H6N5/c5-4(6)8-3-1-2-7-9-3/h1-2H,(H4,5,6,8,9). The molecule has 0 atom stereocenters. The quantitative estimate of drug-likeness (QED) is 0.283. The van der Waals surface area contributed by atoms with Gasteiger partial charge in [0.1, 0.15) is 0 Å². The van der Waals surface area contributed by atoms with E-state index in [9.17, 15) is 0 Å². The highest BCUT2D eigenvalue weighted by atomic mass is 15.3. The molecule has 0 bridgehead atoms. The molecule has 1 aliphatic heterocycles. The molecule has 0 aliphatic carbocycles. The maximum atomic E-state index is 6.77. The van der Waals surface area contributed by atoms with E-state index in [2.05, 4.69) is 15.8 Å². The second-order valence-electron chi connectivity index (χ2n) is 1.46. The van der Waals surface area contributed by atoms with Crippen LogP contribution in [0.4, 0.5) is 0 Å². The van der Waals surface area contributed by atoms with Gasteiger partial charge in [0.15, 0.2) is 11.8 Å². The van der Waals surface area contributed by atoms with E-state index in [1.165, 1.54) is 6.20 Å². The molecule has 5 heteroatoms. The third-order valence-corrected chi connectivity index (χ3v) is 0.727. The Bertz CT molecular complexity index is 179. The lowest BCUT2D eigenvalue weighted by molar-refractivity contribution is 0.963. The van der Waals surface area contributed by atoms with Crippen LogP contribution in [0, 0.1) is 5.41 Å². The van der Waals surface area contributed by atoms with Crippen LogP contribution in [0.1, 0.15) is 0 Å². The SMILES string of the molecule is N=C(N)NC1=N[N]C=C1. The summed E-state index contributed by atoms with van der Waals surface area (Å²) >= 11 is 0. The maximum absolute atomic E-state index is 6.77.